The van der Waals surface area contributed by atoms with Gasteiger partial charge in [0.1, 0.15) is 5.75 Å². The second-order valence-corrected chi connectivity index (χ2v) is 8.06. The van der Waals surface area contributed by atoms with Crippen molar-refractivity contribution in [1.29, 1.82) is 0 Å². The van der Waals surface area contributed by atoms with Crippen LogP contribution in [0.25, 0.3) is 0 Å². The highest BCUT2D eigenvalue weighted by Crippen LogP contribution is 2.33. The first kappa shape index (κ1) is 21.0. The number of rotatable bonds is 4. The van der Waals surface area contributed by atoms with E-state index in [0.29, 0.717) is 11.4 Å². The molecule has 0 bridgehead atoms. The summed E-state index contributed by atoms with van der Waals surface area (Å²) >= 11 is 3.40. The molecule has 0 heterocycles. The first-order valence-electron chi connectivity index (χ1n) is 8.50. The van der Waals surface area contributed by atoms with Crippen molar-refractivity contribution in [3.05, 3.63) is 58.1 Å². The second-order valence-electron chi connectivity index (χ2n) is 7.15. The predicted molar refractivity (Wildman–Crippen MR) is 109 cm³/mol. The Kier molecular flexibility index (Phi) is 6.65. The van der Waals surface area contributed by atoms with E-state index in [1.807, 2.05) is 24.3 Å². The lowest BCUT2D eigenvalue weighted by atomic mass is 9.87. The molecule has 0 spiro atoms. The molecule has 6 heteroatoms. The van der Waals surface area contributed by atoms with Crippen LogP contribution in [0.15, 0.2) is 46.9 Å². The topological polar surface area (TPSA) is 55.8 Å². The van der Waals surface area contributed by atoms with Gasteiger partial charge in [-0.1, -0.05) is 61.0 Å². The summed E-state index contributed by atoms with van der Waals surface area (Å²) in [7, 11) is 2.71. The van der Waals surface area contributed by atoms with Crippen LogP contribution < -0.4 is 9.64 Å². The van der Waals surface area contributed by atoms with Crippen LogP contribution in [-0.2, 0) is 26.3 Å². The van der Waals surface area contributed by atoms with Crippen LogP contribution in [0.1, 0.15) is 31.9 Å². The van der Waals surface area contributed by atoms with Crippen LogP contribution in [0.3, 0.4) is 0 Å². The van der Waals surface area contributed by atoms with Crippen molar-refractivity contribution in [3.63, 3.8) is 0 Å². The predicted octanol–water partition coefficient (Wildman–Crippen LogP) is 4.46. The molecule has 144 valence electrons. The number of ether oxygens (including phenoxy) is 2. The maximum atomic E-state index is 12.7. The van der Waals surface area contributed by atoms with Crippen LogP contribution in [0.5, 0.6) is 5.75 Å². The summed E-state index contributed by atoms with van der Waals surface area (Å²) < 4.78 is 10.8. The maximum absolute atomic E-state index is 12.7. The molecule has 27 heavy (non-hydrogen) atoms. The molecule has 2 aromatic carbocycles. The Morgan fingerprint density at radius 3 is 2.19 bits per heavy atom. The van der Waals surface area contributed by atoms with Crippen LogP contribution >= 0.6 is 15.9 Å². The highest BCUT2D eigenvalue weighted by Gasteiger charge is 2.27. The SMILES string of the molecule is COC(=O)C(=O)N(Cc1ccc(C(C)(C)C)cc1)c1cc(Br)ccc1OC. The molecular weight excluding hydrogens is 410 g/mol. The Bertz CT molecular complexity index is 825. The molecule has 0 radical (unpaired) electrons. The summed E-state index contributed by atoms with van der Waals surface area (Å²) in [6.45, 7) is 6.63. The van der Waals surface area contributed by atoms with Crippen LogP contribution in [0, 0.1) is 0 Å². The van der Waals surface area contributed by atoms with Crippen molar-refractivity contribution in [3.8, 4) is 5.75 Å². The summed E-state index contributed by atoms with van der Waals surface area (Å²) in [4.78, 5) is 25.9. The number of benzene rings is 2. The zero-order chi connectivity index (χ0) is 20.2. The number of amides is 1. The van der Waals surface area contributed by atoms with Gasteiger partial charge in [-0.2, -0.15) is 0 Å². The van der Waals surface area contributed by atoms with Crippen molar-refractivity contribution >= 4 is 33.5 Å². The summed E-state index contributed by atoms with van der Waals surface area (Å²) in [5.74, 6) is -1.20. The molecule has 0 unspecified atom stereocenters. The number of anilines is 1. The van der Waals surface area contributed by atoms with Gasteiger partial charge in [0, 0.05) is 4.47 Å². The largest absolute Gasteiger partial charge is 0.495 e. The minimum atomic E-state index is -0.927. The highest BCUT2D eigenvalue weighted by molar-refractivity contribution is 9.10. The summed E-state index contributed by atoms with van der Waals surface area (Å²) in [6.07, 6.45) is 0. The number of hydrogen-bond donors (Lipinski definition) is 0. The molecule has 0 atom stereocenters. The Labute approximate surface area is 168 Å². The molecule has 0 aromatic heterocycles. The molecule has 0 saturated carbocycles. The summed E-state index contributed by atoms with van der Waals surface area (Å²) in [6, 6.07) is 13.3. The van der Waals surface area contributed by atoms with Gasteiger partial charge >= 0.3 is 11.9 Å². The van der Waals surface area contributed by atoms with E-state index >= 15 is 0 Å². The van der Waals surface area contributed by atoms with E-state index in [2.05, 4.69) is 41.4 Å². The summed E-state index contributed by atoms with van der Waals surface area (Å²) in [5, 5.41) is 0. The zero-order valence-corrected chi connectivity index (χ0v) is 17.8. The van der Waals surface area contributed by atoms with Gasteiger partial charge in [-0.3, -0.25) is 9.69 Å². The molecule has 5 nitrogen and oxygen atoms in total. The quantitative estimate of drug-likeness (QED) is 0.527. The fraction of sp³-hybridized carbons (Fsp3) is 0.333. The number of halogens is 1. The third-order valence-electron chi connectivity index (χ3n) is 4.20. The van der Waals surface area contributed by atoms with Gasteiger partial charge in [0.05, 0.1) is 26.5 Å². The number of methoxy groups -OCH3 is 2. The van der Waals surface area contributed by atoms with Gasteiger partial charge in [0.25, 0.3) is 0 Å². The monoisotopic (exact) mass is 433 g/mol. The molecule has 1 amide bonds. The van der Waals surface area contributed by atoms with Crippen LogP contribution in [0.4, 0.5) is 5.69 Å². The smallest absolute Gasteiger partial charge is 0.397 e. The number of carbonyl (C=O) groups is 2. The minimum absolute atomic E-state index is 0.0353. The number of hydrogen-bond acceptors (Lipinski definition) is 4. The van der Waals surface area contributed by atoms with Crippen molar-refractivity contribution in [2.45, 2.75) is 32.7 Å². The maximum Gasteiger partial charge on any atom is 0.397 e. The fourth-order valence-corrected chi connectivity index (χ4v) is 2.98. The summed E-state index contributed by atoms with van der Waals surface area (Å²) in [5.41, 5.74) is 2.61. The number of nitrogens with zero attached hydrogens (tertiary/aromatic N) is 1. The van der Waals surface area contributed by atoms with Gasteiger partial charge in [0.15, 0.2) is 0 Å². The van der Waals surface area contributed by atoms with Crippen molar-refractivity contribution in [2.75, 3.05) is 19.1 Å². The Hall–Kier alpha value is -2.34. The average molecular weight is 434 g/mol. The van der Waals surface area contributed by atoms with E-state index in [1.165, 1.54) is 24.7 Å². The molecule has 2 rings (SSSR count). The number of esters is 1. The van der Waals surface area contributed by atoms with Crippen molar-refractivity contribution in [2.24, 2.45) is 0 Å². The Balaban J connectivity index is 2.44. The third kappa shape index (κ3) is 5.10. The van der Waals surface area contributed by atoms with E-state index in [4.69, 9.17) is 4.74 Å². The van der Waals surface area contributed by atoms with Gasteiger partial charge in [0.2, 0.25) is 0 Å². The number of carbonyl (C=O) groups excluding carboxylic acids is 2. The van der Waals surface area contributed by atoms with Gasteiger partial charge in [-0.05, 0) is 34.7 Å². The molecule has 0 aliphatic heterocycles. The standard InChI is InChI=1S/C21H24BrNO4/c1-21(2,3)15-8-6-14(7-9-15)13-23(19(24)20(25)27-5)17-12-16(22)10-11-18(17)26-4/h6-12H,13H2,1-5H3. The van der Waals surface area contributed by atoms with Gasteiger partial charge < -0.3 is 9.47 Å². The minimum Gasteiger partial charge on any atom is -0.495 e. The third-order valence-corrected chi connectivity index (χ3v) is 4.69. The van der Waals surface area contributed by atoms with E-state index in [-0.39, 0.29) is 12.0 Å². The van der Waals surface area contributed by atoms with Gasteiger partial charge in [-0.15, -0.1) is 0 Å². The molecule has 0 N–H and O–H groups in total. The van der Waals surface area contributed by atoms with Crippen LogP contribution in [0.2, 0.25) is 0 Å². The molecule has 0 aliphatic rings. The first-order chi connectivity index (χ1) is 12.7. The van der Waals surface area contributed by atoms with E-state index in [1.54, 1.807) is 18.2 Å². The molecular formula is C21H24BrNO4. The fourth-order valence-electron chi connectivity index (χ4n) is 2.63. The van der Waals surface area contributed by atoms with Crippen LogP contribution in [-0.4, -0.2) is 26.1 Å². The van der Waals surface area contributed by atoms with Crippen molar-refractivity contribution in [1.82, 2.24) is 0 Å². The average Bonchev–Trinajstić information content (AvgIpc) is 2.64. The van der Waals surface area contributed by atoms with E-state index < -0.39 is 11.9 Å². The lowest BCUT2D eigenvalue weighted by Gasteiger charge is -2.24. The Morgan fingerprint density at radius 2 is 1.67 bits per heavy atom. The lowest BCUT2D eigenvalue weighted by molar-refractivity contribution is -0.151. The van der Waals surface area contributed by atoms with E-state index in [9.17, 15) is 9.59 Å². The molecule has 0 aliphatic carbocycles. The molecule has 0 fully saturated rings. The zero-order valence-electron chi connectivity index (χ0n) is 16.2. The van der Waals surface area contributed by atoms with Gasteiger partial charge in [-0.25, -0.2) is 4.79 Å². The first-order valence-corrected chi connectivity index (χ1v) is 9.29. The molecule has 0 saturated heterocycles. The lowest BCUT2D eigenvalue weighted by Crippen LogP contribution is -2.37. The van der Waals surface area contributed by atoms with E-state index in [0.717, 1.165) is 10.0 Å². The van der Waals surface area contributed by atoms with Crippen molar-refractivity contribution < 1.29 is 19.1 Å². The normalized spacial score (nSPS) is 11.0. The highest BCUT2D eigenvalue weighted by atomic mass is 79.9. The molecule has 2 aromatic rings. The second kappa shape index (κ2) is 8.57. The Morgan fingerprint density at radius 1 is 1.04 bits per heavy atom.